The summed E-state index contributed by atoms with van der Waals surface area (Å²) in [6.45, 7) is 22.1. The molecule has 0 aromatic carbocycles. The molecule has 1 unspecified atom stereocenters. The van der Waals surface area contributed by atoms with Crippen LogP contribution in [0.1, 0.15) is 91.7 Å². The summed E-state index contributed by atoms with van der Waals surface area (Å²) in [7, 11) is 1.32. The SMILES string of the molecule is [CH-]=Cc1c2[n-]c(c1C)/C=C1\[N-]C([C-]3c4[n-]c(c(C)c4[C@H](O)[C@@H]3C(=O)OC)/C=C3\[N-]/C(=C\2)[C@H](C)\C3=C/C)[C@@H](CCC(=O)OC[CH-]C(=C)C)[C@@H]1C.[Mg+2]. The molecule has 1 N–H and O–H groups in total. The van der Waals surface area contributed by atoms with Crippen LogP contribution in [-0.4, -0.2) is 59.9 Å². The van der Waals surface area contributed by atoms with E-state index in [9.17, 15) is 14.7 Å². The maximum absolute atomic E-state index is 13.4. The van der Waals surface area contributed by atoms with Crippen LogP contribution in [0.5, 0.6) is 0 Å². The molecule has 10 heteroatoms. The van der Waals surface area contributed by atoms with Crippen molar-refractivity contribution in [2.75, 3.05) is 13.7 Å². The molecule has 2 aromatic rings. The third kappa shape index (κ3) is 6.37. The molecule has 3 aliphatic heterocycles. The Labute approximate surface area is 311 Å². The summed E-state index contributed by atoms with van der Waals surface area (Å²) in [6, 6.07) is -0.567. The van der Waals surface area contributed by atoms with E-state index >= 15 is 0 Å². The van der Waals surface area contributed by atoms with E-state index in [0.717, 1.165) is 56.3 Å². The number of allylic oxidation sites excluding steroid dienone is 4. The van der Waals surface area contributed by atoms with Crippen molar-refractivity contribution in [1.82, 2.24) is 9.97 Å². The Bertz CT molecular complexity index is 1840. The van der Waals surface area contributed by atoms with Crippen LogP contribution >= 0.6 is 0 Å². The molecular weight excluding hydrogens is 641 g/mol. The van der Waals surface area contributed by atoms with Crippen LogP contribution in [0, 0.1) is 56.4 Å². The van der Waals surface area contributed by atoms with Crippen molar-refractivity contribution in [1.29, 1.82) is 0 Å². The first kappa shape index (κ1) is 37.3. The first-order valence-electron chi connectivity index (χ1n) is 16.8. The number of methoxy groups -OCH3 is 1. The number of ether oxygens (including phenoxy) is 2. The predicted octanol–water partition coefficient (Wildman–Crippen LogP) is 6.86. The van der Waals surface area contributed by atoms with E-state index in [-0.39, 0.29) is 59.8 Å². The van der Waals surface area contributed by atoms with E-state index in [2.05, 4.69) is 26.5 Å². The average Bonchev–Trinajstić information content (AvgIpc) is 3.80. The van der Waals surface area contributed by atoms with E-state index in [1.165, 1.54) is 7.11 Å². The number of esters is 2. The van der Waals surface area contributed by atoms with Crippen molar-refractivity contribution in [3.8, 4) is 0 Å². The monoisotopic (exact) mass is 683 g/mol. The third-order valence-electron chi connectivity index (χ3n) is 10.5. The van der Waals surface area contributed by atoms with Crippen LogP contribution in [0.15, 0.2) is 40.9 Å². The largest absolute Gasteiger partial charge is 2.00 e. The first-order chi connectivity index (χ1) is 23.4. The van der Waals surface area contributed by atoms with Crippen molar-refractivity contribution in [3.63, 3.8) is 0 Å². The Morgan fingerprint density at radius 1 is 1.10 bits per heavy atom. The molecule has 6 atom stereocenters. The topological polar surface area (TPSA) is 129 Å². The van der Waals surface area contributed by atoms with Crippen LogP contribution in [0.2, 0.25) is 0 Å². The smallest absolute Gasteiger partial charge is 0.695 e. The quantitative estimate of drug-likeness (QED) is 0.183. The fraction of sp³-hybridized carbons (Fsp3) is 0.400. The summed E-state index contributed by atoms with van der Waals surface area (Å²) < 4.78 is 10.7. The number of hydrogen-bond acceptors (Lipinski definition) is 5. The number of aromatic nitrogens is 2. The molecule has 1 aliphatic carbocycles. The molecule has 9 nitrogen and oxygen atoms in total. The standard InChI is InChI=1S/C40H43N4O5.Mg/c1-10-24-20(5)27-16-29-22(7)26(12-13-33(45)49-15-14-19(3)4)37(43-29)35-36(40(47)48-9)39(46)34-23(8)30(44-38(34)35)18-32-25(11-2)21(6)28(42-32)17-31(24)41-27;/h1,10-11,14,16-18,21-22,26,36-37,39,46H,3,12-13,15H2,2,4-9H3;/q-7;+2/b25-11+,28-17-,29-16-,32-18-;/t21-,22+,26+,36-,37?,39+;/m1./s1. The number of carbonyl (C=O) groups excluding carboxylic acids is 2. The molecule has 0 spiro atoms. The van der Waals surface area contributed by atoms with Crippen LogP contribution in [0.3, 0.4) is 0 Å². The predicted molar refractivity (Wildman–Crippen MR) is 196 cm³/mol. The van der Waals surface area contributed by atoms with Gasteiger partial charge in [-0.15, -0.1) is 22.9 Å². The molecule has 4 aliphatic rings. The summed E-state index contributed by atoms with van der Waals surface area (Å²) in [6.07, 6.45) is 10.7. The summed E-state index contributed by atoms with van der Waals surface area (Å²) in [5.74, 6) is -1.63. The fourth-order valence-corrected chi connectivity index (χ4v) is 7.70. The van der Waals surface area contributed by atoms with Gasteiger partial charge in [0.2, 0.25) is 0 Å². The molecule has 2 aromatic heterocycles. The number of aliphatic hydroxyl groups excluding tert-OH is 1. The molecule has 6 rings (SSSR count). The Morgan fingerprint density at radius 2 is 1.80 bits per heavy atom. The number of fused-ring (bicyclic) bond motifs is 8. The zero-order chi connectivity index (χ0) is 35.3. The molecule has 0 saturated carbocycles. The normalized spacial score (nSPS) is 28.6. The van der Waals surface area contributed by atoms with Crippen LogP contribution in [0.4, 0.5) is 0 Å². The number of aliphatic hydroxyl groups is 1. The number of carbonyl (C=O) groups is 2. The zero-order valence-corrected chi connectivity index (χ0v) is 31.3. The maximum atomic E-state index is 13.4. The second-order valence-electron chi connectivity index (χ2n) is 13.4. The van der Waals surface area contributed by atoms with E-state index < -0.39 is 24.0 Å². The molecule has 0 amide bonds. The van der Waals surface area contributed by atoms with E-state index in [1.54, 1.807) is 12.5 Å². The summed E-state index contributed by atoms with van der Waals surface area (Å²) in [5.41, 5.74) is 10.0. The average molecular weight is 684 g/mol. The van der Waals surface area contributed by atoms with Crippen molar-refractivity contribution in [2.24, 2.45) is 23.7 Å². The first-order valence-corrected chi connectivity index (χ1v) is 16.8. The summed E-state index contributed by atoms with van der Waals surface area (Å²) >= 11 is 0. The van der Waals surface area contributed by atoms with Gasteiger partial charge in [-0.1, -0.05) is 64.3 Å². The number of hydrogen-bond donors (Lipinski definition) is 1. The minimum Gasteiger partial charge on any atom is -0.695 e. The van der Waals surface area contributed by atoms with E-state index in [4.69, 9.17) is 36.7 Å². The van der Waals surface area contributed by atoms with Gasteiger partial charge in [0.05, 0.1) is 7.11 Å². The number of nitrogens with zero attached hydrogens (tertiary/aromatic N) is 4. The van der Waals surface area contributed by atoms with Gasteiger partial charge in [-0.25, -0.2) is 29.8 Å². The van der Waals surface area contributed by atoms with Gasteiger partial charge in [-0.3, -0.25) is 16.2 Å². The van der Waals surface area contributed by atoms with Gasteiger partial charge >= 0.3 is 29.0 Å². The van der Waals surface area contributed by atoms with Gasteiger partial charge in [-0.05, 0) is 25.2 Å². The zero-order valence-electron chi connectivity index (χ0n) is 29.9. The van der Waals surface area contributed by atoms with Crippen molar-refractivity contribution >= 4 is 59.3 Å². The molecule has 260 valence electrons. The van der Waals surface area contributed by atoms with E-state index in [1.807, 2.05) is 45.9 Å². The molecule has 5 heterocycles. The van der Waals surface area contributed by atoms with Crippen molar-refractivity contribution in [3.05, 3.63) is 115 Å². The number of rotatable bonds is 8. The van der Waals surface area contributed by atoms with Crippen molar-refractivity contribution in [2.45, 2.75) is 66.5 Å². The van der Waals surface area contributed by atoms with Gasteiger partial charge < -0.3 is 40.9 Å². The van der Waals surface area contributed by atoms with Crippen molar-refractivity contribution < 1.29 is 24.2 Å². The van der Waals surface area contributed by atoms with Gasteiger partial charge in [0.25, 0.3) is 5.97 Å². The molecule has 0 radical (unpaired) electrons. The molecule has 2 saturated heterocycles. The Morgan fingerprint density at radius 3 is 2.46 bits per heavy atom. The molecular formula is C40H43MgN4O5-5. The Balaban J connectivity index is 0.00000486. The minimum atomic E-state index is -1.17. The Hall–Kier alpha value is -3.99. The van der Waals surface area contributed by atoms with Crippen LogP contribution in [0.25, 0.3) is 34.9 Å². The summed E-state index contributed by atoms with van der Waals surface area (Å²) in [4.78, 5) is 36.4. The summed E-state index contributed by atoms with van der Waals surface area (Å²) in [5, 5.41) is 22.1. The fourth-order valence-electron chi connectivity index (χ4n) is 7.70. The van der Waals surface area contributed by atoms with Gasteiger partial charge in [0.1, 0.15) is 0 Å². The second kappa shape index (κ2) is 14.7. The molecule has 8 bridgehead atoms. The minimum absolute atomic E-state index is 0. The van der Waals surface area contributed by atoms with Crippen LogP contribution in [-0.2, 0) is 19.1 Å². The van der Waals surface area contributed by atoms with Gasteiger partial charge in [-0.2, -0.15) is 46.4 Å². The second-order valence-corrected chi connectivity index (χ2v) is 13.4. The molecule has 2 fully saturated rings. The molecule has 50 heavy (non-hydrogen) atoms. The van der Waals surface area contributed by atoms with Crippen LogP contribution < -0.4 is 9.97 Å². The Kier molecular flexibility index (Phi) is 11.0. The third-order valence-corrected chi connectivity index (χ3v) is 10.5. The maximum Gasteiger partial charge on any atom is 2.00 e. The van der Waals surface area contributed by atoms with E-state index in [0.29, 0.717) is 29.3 Å². The van der Waals surface area contributed by atoms with Gasteiger partial charge in [0, 0.05) is 25.0 Å². The van der Waals surface area contributed by atoms with Gasteiger partial charge in [0.15, 0.2) is 0 Å².